The fraction of sp³-hybridized carbons (Fsp3) is 0.636. The molecule has 0 saturated carbocycles. The van der Waals surface area contributed by atoms with E-state index in [2.05, 4.69) is 15.3 Å². The van der Waals surface area contributed by atoms with Gasteiger partial charge in [0, 0.05) is 31.6 Å². The lowest BCUT2D eigenvalue weighted by molar-refractivity contribution is 0.0698. The second-order valence-corrected chi connectivity index (χ2v) is 3.94. The zero-order valence-electron chi connectivity index (χ0n) is 9.07. The molecule has 1 aliphatic rings. The Morgan fingerprint density at radius 2 is 2.40 bits per heavy atom. The van der Waals surface area contributed by atoms with Crippen LogP contribution in [0.1, 0.15) is 24.2 Å². The van der Waals surface area contributed by atoms with Gasteiger partial charge in [-0.2, -0.15) is 0 Å². The first-order valence-corrected chi connectivity index (χ1v) is 5.43. The fourth-order valence-electron chi connectivity index (χ4n) is 1.66. The number of aryl methyl sites for hydroxylation is 1. The van der Waals surface area contributed by atoms with Gasteiger partial charge in [-0.15, -0.1) is 0 Å². The largest absolute Gasteiger partial charge is 0.380 e. The SMILES string of the molecule is Cc1cnc(CNC2CCCOC2)cn1. The highest BCUT2D eigenvalue weighted by Gasteiger charge is 2.12. The van der Waals surface area contributed by atoms with Gasteiger partial charge >= 0.3 is 0 Å². The molecule has 1 aliphatic heterocycles. The van der Waals surface area contributed by atoms with E-state index >= 15 is 0 Å². The summed E-state index contributed by atoms with van der Waals surface area (Å²) in [6, 6.07) is 0.474. The van der Waals surface area contributed by atoms with E-state index in [-0.39, 0.29) is 0 Å². The van der Waals surface area contributed by atoms with Crippen molar-refractivity contribution in [2.75, 3.05) is 13.2 Å². The van der Waals surface area contributed by atoms with Gasteiger partial charge in [0.15, 0.2) is 0 Å². The highest BCUT2D eigenvalue weighted by atomic mass is 16.5. The Morgan fingerprint density at radius 1 is 1.47 bits per heavy atom. The first kappa shape index (κ1) is 10.5. The number of ether oxygens (including phenoxy) is 1. The van der Waals surface area contributed by atoms with Crippen LogP contribution in [0.2, 0.25) is 0 Å². The second-order valence-electron chi connectivity index (χ2n) is 3.94. The third-order valence-electron chi connectivity index (χ3n) is 2.57. The molecule has 0 aromatic carbocycles. The molecule has 4 heteroatoms. The van der Waals surface area contributed by atoms with E-state index in [1.54, 1.807) is 6.20 Å². The number of nitrogens with one attached hydrogen (secondary N) is 1. The van der Waals surface area contributed by atoms with E-state index in [1.165, 1.54) is 6.42 Å². The van der Waals surface area contributed by atoms with E-state index in [0.29, 0.717) is 6.04 Å². The summed E-state index contributed by atoms with van der Waals surface area (Å²) in [6.45, 7) is 4.45. The molecule has 0 radical (unpaired) electrons. The van der Waals surface area contributed by atoms with Crippen LogP contribution in [0.4, 0.5) is 0 Å². The summed E-state index contributed by atoms with van der Waals surface area (Å²) in [5, 5.41) is 3.43. The van der Waals surface area contributed by atoms with Crippen molar-refractivity contribution in [3.8, 4) is 0 Å². The molecule has 1 unspecified atom stereocenters. The summed E-state index contributed by atoms with van der Waals surface area (Å²) in [4.78, 5) is 8.51. The maximum absolute atomic E-state index is 5.39. The van der Waals surface area contributed by atoms with E-state index in [4.69, 9.17) is 4.74 Å². The molecule has 2 heterocycles. The van der Waals surface area contributed by atoms with Crippen LogP contribution >= 0.6 is 0 Å². The average molecular weight is 207 g/mol. The van der Waals surface area contributed by atoms with Crippen LogP contribution in [0.3, 0.4) is 0 Å². The van der Waals surface area contributed by atoms with Gasteiger partial charge in [-0.25, -0.2) is 0 Å². The van der Waals surface area contributed by atoms with Gasteiger partial charge in [-0.3, -0.25) is 9.97 Å². The molecule has 1 N–H and O–H groups in total. The number of rotatable bonds is 3. The molecule has 1 aromatic rings. The summed E-state index contributed by atoms with van der Waals surface area (Å²) < 4.78 is 5.39. The quantitative estimate of drug-likeness (QED) is 0.805. The third kappa shape index (κ3) is 3.25. The molecule has 1 saturated heterocycles. The molecular weight excluding hydrogens is 190 g/mol. The van der Waals surface area contributed by atoms with Crippen molar-refractivity contribution in [3.63, 3.8) is 0 Å². The molecule has 0 aliphatic carbocycles. The Hall–Kier alpha value is -1.00. The standard InChI is InChI=1S/C11H17N3O/c1-9-5-13-11(6-12-9)7-14-10-3-2-4-15-8-10/h5-6,10,14H,2-4,7-8H2,1H3. The molecule has 0 amide bonds. The van der Waals surface area contributed by atoms with Gasteiger partial charge in [0.05, 0.1) is 18.0 Å². The number of aromatic nitrogens is 2. The van der Waals surface area contributed by atoms with Crippen molar-refractivity contribution in [1.29, 1.82) is 0 Å². The summed E-state index contributed by atoms with van der Waals surface area (Å²) >= 11 is 0. The minimum absolute atomic E-state index is 0.474. The maximum atomic E-state index is 5.39. The Bertz CT molecular complexity index is 293. The molecular formula is C11H17N3O. The van der Waals surface area contributed by atoms with Gasteiger partial charge in [-0.1, -0.05) is 0 Å². The van der Waals surface area contributed by atoms with Crippen molar-refractivity contribution < 1.29 is 4.74 Å². The number of nitrogens with zero attached hydrogens (tertiary/aromatic N) is 2. The first-order chi connectivity index (χ1) is 7.34. The summed E-state index contributed by atoms with van der Waals surface area (Å²) in [5.74, 6) is 0. The zero-order valence-corrected chi connectivity index (χ0v) is 9.07. The smallest absolute Gasteiger partial charge is 0.0724 e. The Labute approximate surface area is 90.1 Å². The minimum atomic E-state index is 0.474. The van der Waals surface area contributed by atoms with Crippen LogP contribution in [0.15, 0.2) is 12.4 Å². The maximum Gasteiger partial charge on any atom is 0.0724 e. The van der Waals surface area contributed by atoms with Crippen LogP contribution < -0.4 is 5.32 Å². The molecule has 82 valence electrons. The van der Waals surface area contributed by atoms with Crippen molar-refractivity contribution in [2.45, 2.75) is 32.4 Å². The molecule has 1 atom stereocenters. The van der Waals surface area contributed by atoms with Crippen molar-refractivity contribution >= 4 is 0 Å². The molecule has 0 spiro atoms. The Morgan fingerprint density at radius 3 is 3.07 bits per heavy atom. The second kappa shape index (κ2) is 5.19. The minimum Gasteiger partial charge on any atom is -0.380 e. The van der Waals surface area contributed by atoms with Crippen LogP contribution in [0.5, 0.6) is 0 Å². The molecule has 1 fully saturated rings. The van der Waals surface area contributed by atoms with Crippen LogP contribution in [-0.2, 0) is 11.3 Å². The van der Waals surface area contributed by atoms with Gasteiger partial charge in [-0.05, 0) is 19.8 Å². The third-order valence-corrected chi connectivity index (χ3v) is 2.57. The lowest BCUT2D eigenvalue weighted by Crippen LogP contribution is -2.36. The van der Waals surface area contributed by atoms with Gasteiger partial charge in [0.1, 0.15) is 0 Å². The molecule has 15 heavy (non-hydrogen) atoms. The Balaban J connectivity index is 1.79. The number of hydrogen-bond donors (Lipinski definition) is 1. The van der Waals surface area contributed by atoms with Crippen molar-refractivity contribution in [3.05, 3.63) is 23.8 Å². The van der Waals surface area contributed by atoms with Crippen LogP contribution in [0.25, 0.3) is 0 Å². The van der Waals surface area contributed by atoms with Gasteiger partial charge < -0.3 is 10.1 Å². The Kier molecular flexibility index (Phi) is 3.64. The summed E-state index contributed by atoms with van der Waals surface area (Å²) in [5.41, 5.74) is 1.95. The normalized spacial score (nSPS) is 21.5. The summed E-state index contributed by atoms with van der Waals surface area (Å²) in [7, 11) is 0. The zero-order chi connectivity index (χ0) is 10.5. The average Bonchev–Trinajstić information content (AvgIpc) is 2.30. The fourth-order valence-corrected chi connectivity index (χ4v) is 1.66. The van der Waals surface area contributed by atoms with Crippen molar-refractivity contribution in [2.24, 2.45) is 0 Å². The summed E-state index contributed by atoms with van der Waals surface area (Å²) in [6.07, 6.45) is 5.97. The van der Waals surface area contributed by atoms with E-state index in [9.17, 15) is 0 Å². The monoisotopic (exact) mass is 207 g/mol. The lowest BCUT2D eigenvalue weighted by atomic mass is 10.1. The van der Waals surface area contributed by atoms with E-state index in [0.717, 1.165) is 37.6 Å². The first-order valence-electron chi connectivity index (χ1n) is 5.43. The predicted molar refractivity (Wildman–Crippen MR) is 57.4 cm³/mol. The van der Waals surface area contributed by atoms with Gasteiger partial charge in [0.2, 0.25) is 0 Å². The molecule has 4 nitrogen and oxygen atoms in total. The predicted octanol–water partition coefficient (Wildman–Crippen LogP) is 1.05. The lowest BCUT2D eigenvalue weighted by Gasteiger charge is -2.22. The van der Waals surface area contributed by atoms with Crippen LogP contribution in [0, 0.1) is 6.92 Å². The topological polar surface area (TPSA) is 47.0 Å². The number of hydrogen-bond acceptors (Lipinski definition) is 4. The molecule has 0 bridgehead atoms. The van der Waals surface area contributed by atoms with Crippen molar-refractivity contribution in [1.82, 2.24) is 15.3 Å². The highest BCUT2D eigenvalue weighted by Crippen LogP contribution is 2.06. The van der Waals surface area contributed by atoms with Gasteiger partial charge in [0.25, 0.3) is 0 Å². The van der Waals surface area contributed by atoms with E-state index in [1.807, 2.05) is 13.1 Å². The van der Waals surface area contributed by atoms with E-state index < -0.39 is 0 Å². The molecule has 1 aromatic heterocycles. The van der Waals surface area contributed by atoms with Crippen LogP contribution in [-0.4, -0.2) is 29.2 Å². The highest BCUT2D eigenvalue weighted by molar-refractivity contribution is 5.00. The molecule has 2 rings (SSSR count).